The van der Waals surface area contributed by atoms with Crippen LogP contribution in [0, 0.1) is 5.41 Å². The van der Waals surface area contributed by atoms with Gasteiger partial charge in [-0.3, -0.25) is 0 Å². The van der Waals surface area contributed by atoms with E-state index in [0.29, 0.717) is 30.1 Å². The van der Waals surface area contributed by atoms with Gasteiger partial charge >= 0.3 is 0 Å². The van der Waals surface area contributed by atoms with Gasteiger partial charge in [0.1, 0.15) is 4.21 Å². The first-order valence-corrected chi connectivity index (χ1v) is 11.4. The first-order valence-electron chi connectivity index (χ1n) is 9.16. The van der Waals surface area contributed by atoms with Crippen LogP contribution >= 0.6 is 11.3 Å². The van der Waals surface area contributed by atoms with Gasteiger partial charge in [0.15, 0.2) is 0 Å². The zero-order chi connectivity index (χ0) is 18.9. The first kappa shape index (κ1) is 18.6. The summed E-state index contributed by atoms with van der Waals surface area (Å²) in [5.41, 5.74) is 0.945. The Morgan fingerprint density at radius 3 is 2.33 bits per heavy atom. The molecule has 4 nitrogen and oxygen atoms in total. The summed E-state index contributed by atoms with van der Waals surface area (Å²) >= 11 is 1.33. The van der Waals surface area contributed by atoms with Crippen LogP contribution in [0.15, 0.2) is 64.9 Å². The fourth-order valence-corrected chi connectivity index (χ4v) is 6.83. The van der Waals surface area contributed by atoms with Crippen molar-refractivity contribution in [2.24, 2.45) is 5.41 Å². The summed E-state index contributed by atoms with van der Waals surface area (Å²) in [6.45, 7) is 0.979. The highest BCUT2D eigenvalue weighted by atomic mass is 32.2. The summed E-state index contributed by atoms with van der Waals surface area (Å²) in [7, 11) is -3.48. The summed E-state index contributed by atoms with van der Waals surface area (Å²) < 4.78 is 29.2. The van der Waals surface area contributed by atoms with E-state index >= 15 is 0 Å². The minimum Gasteiger partial charge on any atom is -0.396 e. The molecule has 0 radical (unpaired) electrons. The predicted octanol–water partition coefficient (Wildman–Crippen LogP) is 3.91. The molecule has 0 spiro atoms. The highest BCUT2D eigenvalue weighted by Gasteiger charge is 2.38. The zero-order valence-corrected chi connectivity index (χ0v) is 16.7. The molecule has 1 N–H and O–H groups in total. The number of hydrogen-bond donors (Lipinski definition) is 1. The molecule has 0 aliphatic carbocycles. The van der Waals surface area contributed by atoms with E-state index in [0.717, 1.165) is 16.5 Å². The summed E-state index contributed by atoms with van der Waals surface area (Å²) in [6.07, 6.45) is 2.12. The van der Waals surface area contributed by atoms with Crippen LogP contribution in [0.1, 0.15) is 18.4 Å². The average Bonchev–Trinajstić information content (AvgIpc) is 3.14. The lowest BCUT2D eigenvalue weighted by atomic mass is 9.75. The van der Waals surface area contributed by atoms with Crippen molar-refractivity contribution in [3.63, 3.8) is 0 Å². The number of sulfonamides is 1. The molecule has 3 aromatic rings. The van der Waals surface area contributed by atoms with Gasteiger partial charge in [0.25, 0.3) is 10.0 Å². The van der Waals surface area contributed by atoms with E-state index in [4.69, 9.17) is 0 Å². The molecule has 142 valence electrons. The summed E-state index contributed by atoms with van der Waals surface area (Å²) in [5, 5.41) is 11.0. The van der Waals surface area contributed by atoms with E-state index in [-0.39, 0.29) is 12.0 Å². The van der Waals surface area contributed by atoms with Gasteiger partial charge in [-0.15, -0.1) is 11.3 Å². The molecule has 6 heteroatoms. The molecule has 1 aliphatic rings. The normalized spacial score (nSPS) is 18.0. The summed E-state index contributed by atoms with van der Waals surface area (Å²) in [6, 6.07) is 19.6. The molecular formula is C21H23NO3S2. The molecule has 2 aromatic carbocycles. The second-order valence-electron chi connectivity index (χ2n) is 7.33. The second-order valence-corrected chi connectivity index (χ2v) is 10.6. The number of piperidine rings is 1. The van der Waals surface area contributed by atoms with Crippen molar-refractivity contribution in [1.82, 2.24) is 4.31 Å². The van der Waals surface area contributed by atoms with Gasteiger partial charge in [-0.25, -0.2) is 8.42 Å². The lowest BCUT2D eigenvalue weighted by Gasteiger charge is -2.40. The molecular weight excluding hydrogens is 378 g/mol. The monoisotopic (exact) mass is 401 g/mol. The molecule has 1 fully saturated rings. The van der Waals surface area contributed by atoms with Crippen molar-refractivity contribution in [1.29, 1.82) is 0 Å². The Hall–Kier alpha value is -1.73. The zero-order valence-electron chi connectivity index (χ0n) is 15.0. The molecule has 27 heavy (non-hydrogen) atoms. The Labute approximate surface area is 164 Å². The van der Waals surface area contributed by atoms with Crippen molar-refractivity contribution >= 4 is 31.4 Å². The molecule has 2 heterocycles. The third kappa shape index (κ3) is 3.67. The Morgan fingerprint density at radius 1 is 1.00 bits per heavy atom. The highest BCUT2D eigenvalue weighted by Crippen LogP contribution is 2.38. The van der Waals surface area contributed by atoms with Gasteiger partial charge in [-0.2, -0.15) is 4.31 Å². The number of benzene rings is 2. The first-order chi connectivity index (χ1) is 13.0. The topological polar surface area (TPSA) is 57.6 Å². The molecule has 1 saturated heterocycles. The van der Waals surface area contributed by atoms with Crippen LogP contribution in [-0.2, 0) is 16.4 Å². The highest BCUT2D eigenvalue weighted by molar-refractivity contribution is 7.91. The van der Waals surface area contributed by atoms with Crippen LogP contribution < -0.4 is 0 Å². The number of aliphatic hydroxyl groups is 1. The fraction of sp³-hybridized carbons (Fsp3) is 0.333. The van der Waals surface area contributed by atoms with E-state index in [9.17, 15) is 13.5 Å². The largest absolute Gasteiger partial charge is 0.396 e. The van der Waals surface area contributed by atoms with E-state index in [2.05, 4.69) is 12.1 Å². The molecule has 1 aromatic heterocycles. The summed E-state index contributed by atoms with van der Waals surface area (Å²) in [5.74, 6) is 0. The quantitative estimate of drug-likeness (QED) is 0.705. The van der Waals surface area contributed by atoms with Gasteiger partial charge in [0.05, 0.1) is 0 Å². The van der Waals surface area contributed by atoms with Gasteiger partial charge < -0.3 is 5.11 Å². The molecule has 0 bridgehead atoms. The maximum Gasteiger partial charge on any atom is 0.252 e. The van der Waals surface area contributed by atoms with Crippen LogP contribution in [0.3, 0.4) is 0 Å². The number of rotatable bonds is 5. The Bertz CT molecular complexity index is 987. The molecule has 0 atom stereocenters. The average molecular weight is 402 g/mol. The standard InChI is InChI=1S/C21H23NO3S2/c23-16-21(15-17-6-2-1-3-7-17)10-12-22(13-11-21)27(24,25)20-14-18-8-4-5-9-19(18)26-20/h1-9,14,23H,10-13,15-16H2. The number of hydrogen-bond acceptors (Lipinski definition) is 4. The number of aliphatic hydroxyl groups excluding tert-OH is 1. The SMILES string of the molecule is O=S(=O)(c1cc2ccccc2s1)N1CCC(CO)(Cc2ccccc2)CC1. The van der Waals surface area contributed by atoms with Crippen LogP contribution in [-0.4, -0.2) is 37.5 Å². The molecule has 0 saturated carbocycles. The second kappa shape index (κ2) is 7.36. The molecule has 0 amide bonds. The number of fused-ring (bicyclic) bond motifs is 1. The van der Waals surface area contributed by atoms with Crippen LogP contribution in [0.2, 0.25) is 0 Å². The van der Waals surface area contributed by atoms with Crippen LogP contribution in [0.5, 0.6) is 0 Å². The van der Waals surface area contributed by atoms with Gasteiger partial charge in [-0.1, -0.05) is 48.5 Å². The van der Waals surface area contributed by atoms with Crippen LogP contribution in [0.4, 0.5) is 0 Å². The van der Waals surface area contributed by atoms with E-state index in [1.807, 2.05) is 42.5 Å². The minimum atomic E-state index is -3.48. The van der Waals surface area contributed by atoms with Gasteiger partial charge in [0.2, 0.25) is 0 Å². The molecule has 1 aliphatic heterocycles. The van der Waals surface area contributed by atoms with Crippen LogP contribution in [0.25, 0.3) is 10.1 Å². The fourth-order valence-electron chi connectivity index (χ4n) is 3.83. The van der Waals surface area contributed by atoms with E-state index in [1.54, 1.807) is 10.4 Å². The maximum atomic E-state index is 13.1. The Balaban J connectivity index is 1.52. The minimum absolute atomic E-state index is 0.0820. The Morgan fingerprint density at radius 2 is 1.67 bits per heavy atom. The van der Waals surface area contributed by atoms with Crippen molar-refractivity contribution in [2.45, 2.75) is 23.5 Å². The van der Waals surface area contributed by atoms with Gasteiger partial charge in [-0.05, 0) is 47.8 Å². The van der Waals surface area contributed by atoms with Crippen molar-refractivity contribution in [3.05, 3.63) is 66.2 Å². The number of thiophene rings is 1. The van der Waals surface area contributed by atoms with Crippen molar-refractivity contribution in [3.8, 4) is 0 Å². The lowest BCUT2D eigenvalue weighted by Crippen LogP contribution is -2.45. The summed E-state index contributed by atoms with van der Waals surface area (Å²) in [4.78, 5) is 0. The lowest BCUT2D eigenvalue weighted by molar-refractivity contribution is 0.0685. The van der Waals surface area contributed by atoms with Crippen molar-refractivity contribution in [2.75, 3.05) is 19.7 Å². The molecule has 0 unspecified atom stereocenters. The smallest absolute Gasteiger partial charge is 0.252 e. The van der Waals surface area contributed by atoms with Crippen molar-refractivity contribution < 1.29 is 13.5 Å². The Kier molecular flexibility index (Phi) is 5.07. The number of nitrogens with zero attached hydrogens (tertiary/aromatic N) is 1. The van der Waals surface area contributed by atoms with E-state index in [1.165, 1.54) is 16.9 Å². The third-order valence-corrected chi connectivity index (χ3v) is 9.00. The third-order valence-electron chi connectivity index (χ3n) is 5.54. The van der Waals surface area contributed by atoms with E-state index < -0.39 is 10.0 Å². The maximum absolute atomic E-state index is 13.1. The molecule has 4 rings (SSSR count). The predicted molar refractivity (Wildman–Crippen MR) is 109 cm³/mol. The van der Waals surface area contributed by atoms with Gasteiger partial charge in [0, 0.05) is 24.4 Å².